The zero-order chi connectivity index (χ0) is 17.8. The van der Waals surface area contributed by atoms with Crippen molar-refractivity contribution in [1.29, 1.82) is 0 Å². The lowest BCUT2D eigenvalue weighted by Gasteiger charge is -2.47. The van der Waals surface area contributed by atoms with Gasteiger partial charge in [0.15, 0.2) is 0 Å². The van der Waals surface area contributed by atoms with Crippen molar-refractivity contribution in [3.63, 3.8) is 0 Å². The van der Waals surface area contributed by atoms with Gasteiger partial charge in [-0.15, -0.1) is 6.58 Å². The fraction of sp³-hybridized carbons (Fsp3) is 0.381. The monoisotopic (exact) mass is 337 g/mol. The molecular weight excluding hydrogens is 310 g/mol. The number of nitrogens with zero attached hydrogens (tertiary/aromatic N) is 3. The molecule has 1 aliphatic heterocycles. The average Bonchev–Trinajstić information content (AvgIpc) is 2.60. The third kappa shape index (κ3) is 3.91. The number of hydrogen-bond acceptors (Lipinski definition) is 4. The normalized spacial score (nSPS) is 23.3. The van der Waals surface area contributed by atoms with Crippen LogP contribution in [0.4, 0.5) is 0 Å². The zero-order valence-electron chi connectivity index (χ0n) is 15.0. The maximum absolute atomic E-state index is 9.98. The number of phenolic OH excluding ortho intramolecular Hbond substituents is 1. The maximum Gasteiger partial charge on any atom is 0.115 e. The van der Waals surface area contributed by atoms with E-state index in [-0.39, 0.29) is 6.04 Å². The van der Waals surface area contributed by atoms with E-state index >= 15 is 0 Å². The Balaban J connectivity index is 1.96. The smallest absolute Gasteiger partial charge is 0.115 e. The molecule has 0 aliphatic carbocycles. The highest BCUT2D eigenvalue weighted by Gasteiger charge is 2.34. The van der Waals surface area contributed by atoms with Crippen molar-refractivity contribution in [3.8, 4) is 5.75 Å². The first-order chi connectivity index (χ1) is 12.1. The van der Waals surface area contributed by atoms with E-state index in [4.69, 9.17) is 0 Å². The molecule has 0 spiro atoms. The number of hydrogen-bond donors (Lipinski definition) is 1. The molecule has 4 heteroatoms. The van der Waals surface area contributed by atoms with Crippen molar-refractivity contribution in [2.45, 2.75) is 32.0 Å². The van der Waals surface area contributed by atoms with Gasteiger partial charge in [-0.25, -0.2) is 0 Å². The van der Waals surface area contributed by atoms with E-state index in [2.05, 4.69) is 47.3 Å². The Bertz CT molecular complexity index is 703. The van der Waals surface area contributed by atoms with Crippen molar-refractivity contribution in [3.05, 3.63) is 72.6 Å². The van der Waals surface area contributed by atoms with Crippen LogP contribution in [-0.2, 0) is 0 Å². The van der Waals surface area contributed by atoms with Gasteiger partial charge >= 0.3 is 0 Å². The van der Waals surface area contributed by atoms with Gasteiger partial charge in [0.1, 0.15) is 5.75 Å². The molecule has 1 aromatic carbocycles. The molecular formula is C21H27N3O. The number of benzene rings is 1. The predicted octanol–water partition coefficient (Wildman–Crippen LogP) is 3.46. The predicted molar refractivity (Wildman–Crippen MR) is 102 cm³/mol. The third-order valence-electron chi connectivity index (χ3n) is 5.04. The minimum atomic E-state index is 0.0872. The molecule has 0 amide bonds. The van der Waals surface area contributed by atoms with E-state index in [9.17, 15) is 5.11 Å². The quantitative estimate of drug-likeness (QED) is 0.848. The van der Waals surface area contributed by atoms with Crippen LogP contribution in [-0.4, -0.2) is 51.6 Å². The molecule has 0 bridgehead atoms. The lowest BCUT2D eigenvalue weighted by molar-refractivity contribution is 0.0305. The molecule has 3 atom stereocenters. The summed E-state index contributed by atoms with van der Waals surface area (Å²) in [5.74, 6) is 0.303. The van der Waals surface area contributed by atoms with E-state index in [1.165, 1.54) is 0 Å². The standard InChI is InChI=1S/C21H27N3O/c1-4-11-23-14-17(3)24(15-16(23)2)21(19-8-6-10-22-13-19)18-7-5-9-20(25)12-18/h4-10,12-13,16-17,21,25H,1,11,14-15H2,2-3H3/t16-,17+,21+/m0/s1. The van der Waals surface area contributed by atoms with Crippen LogP contribution in [0.2, 0.25) is 0 Å². The largest absolute Gasteiger partial charge is 0.508 e. The Kier molecular flexibility index (Phi) is 5.51. The lowest BCUT2D eigenvalue weighted by Crippen LogP contribution is -2.57. The Morgan fingerprint density at radius 3 is 2.68 bits per heavy atom. The van der Waals surface area contributed by atoms with Crippen LogP contribution in [0.25, 0.3) is 0 Å². The zero-order valence-corrected chi connectivity index (χ0v) is 15.0. The molecule has 25 heavy (non-hydrogen) atoms. The third-order valence-corrected chi connectivity index (χ3v) is 5.04. The van der Waals surface area contributed by atoms with Gasteiger partial charge < -0.3 is 5.11 Å². The highest BCUT2D eigenvalue weighted by molar-refractivity contribution is 5.35. The Labute approximate surface area is 150 Å². The molecule has 1 fully saturated rings. The molecule has 0 saturated carbocycles. The van der Waals surface area contributed by atoms with E-state index in [0.717, 1.165) is 30.8 Å². The van der Waals surface area contributed by atoms with Crippen LogP contribution in [0, 0.1) is 0 Å². The van der Waals surface area contributed by atoms with Gasteiger partial charge in [0.2, 0.25) is 0 Å². The minimum Gasteiger partial charge on any atom is -0.508 e. The second kappa shape index (κ2) is 7.81. The minimum absolute atomic E-state index is 0.0872. The number of aromatic nitrogens is 1. The van der Waals surface area contributed by atoms with Crippen molar-refractivity contribution in [1.82, 2.24) is 14.8 Å². The maximum atomic E-state index is 9.98. The Morgan fingerprint density at radius 2 is 2.00 bits per heavy atom. The van der Waals surface area contributed by atoms with Gasteiger partial charge in [-0.1, -0.05) is 24.3 Å². The molecule has 1 N–H and O–H groups in total. The number of aromatic hydroxyl groups is 1. The van der Waals surface area contributed by atoms with Crippen LogP contribution in [0.3, 0.4) is 0 Å². The number of phenols is 1. The molecule has 3 rings (SSSR count). The SMILES string of the molecule is C=CCN1C[C@@H](C)N([C@@H](c2cccnc2)c2cccc(O)c2)C[C@@H]1C. The molecule has 1 aliphatic rings. The highest BCUT2D eigenvalue weighted by atomic mass is 16.3. The number of rotatable bonds is 5. The summed E-state index contributed by atoms with van der Waals surface area (Å²) >= 11 is 0. The molecule has 132 valence electrons. The molecule has 2 heterocycles. The van der Waals surface area contributed by atoms with Crippen molar-refractivity contribution < 1.29 is 5.11 Å². The van der Waals surface area contributed by atoms with Crippen LogP contribution in [0.1, 0.15) is 31.0 Å². The van der Waals surface area contributed by atoms with Gasteiger partial charge in [0.25, 0.3) is 0 Å². The first-order valence-electron chi connectivity index (χ1n) is 8.89. The van der Waals surface area contributed by atoms with E-state index in [1.807, 2.05) is 30.5 Å². The van der Waals surface area contributed by atoms with Gasteiger partial charge in [0, 0.05) is 44.1 Å². The summed E-state index contributed by atoms with van der Waals surface area (Å²) < 4.78 is 0. The van der Waals surface area contributed by atoms with E-state index in [0.29, 0.717) is 17.8 Å². The van der Waals surface area contributed by atoms with Gasteiger partial charge in [0.05, 0.1) is 6.04 Å². The molecule has 0 unspecified atom stereocenters. The molecule has 1 aromatic heterocycles. The van der Waals surface area contributed by atoms with Gasteiger partial charge in [-0.05, 0) is 43.2 Å². The summed E-state index contributed by atoms with van der Waals surface area (Å²) in [5, 5.41) is 9.98. The summed E-state index contributed by atoms with van der Waals surface area (Å²) in [6, 6.07) is 12.6. The fourth-order valence-electron chi connectivity index (χ4n) is 3.81. The molecule has 1 saturated heterocycles. The lowest BCUT2D eigenvalue weighted by atomic mass is 9.94. The van der Waals surface area contributed by atoms with E-state index in [1.54, 1.807) is 12.3 Å². The summed E-state index contributed by atoms with van der Waals surface area (Å²) in [4.78, 5) is 9.32. The summed E-state index contributed by atoms with van der Waals surface area (Å²) in [5.41, 5.74) is 2.26. The highest BCUT2D eigenvalue weighted by Crippen LogP contribution is 2.34. The molecule has 4 nitrogen and oxygen atoms in total. The van der Waals surface area contributed by atoms with E-state index < -0.39 is 0 Å². The first kappa shape index (κ1) is 17.6. The summed E-state index contributed by atoms with van der Waals surface area (Å²) in [6.07, 6.45) is 5.71. The molecule has 2 aromatic rings. The second-order valence-electron chi connectivity index (χ2n) is 6.92. The second-order valence-corrected chi connectivity index (χ2v) is 6.92. The van der Waals surface area contributed by atoms with Gasteiger partial charge in [-0.2, -0.15) is 0 Å². The van der Waals surface area contributed by atoms with Crippen LogP contribution in [0.5, 0.6) is 5.75 Å². The molecule has 0 radical (unpaired) electrons. The number of piperazine rings is 1. The van der Waals surface area contributed by atoms with Crippen LogP contribution in [0.15, 0.2) is 61.4 Å². The van der Waals surface area contributed by atoms with Crippen LogP contribution < -0.4 is 0 Å². The summed E-state index contributed by atoms with van der Waals surface area (Å²) in [7, 11) is 0. The Hall–Kier alpha value is -2.17. The van der Waals surface area contributed by atoms with Crippen molar-refractivity contribution in [2.75, 3.05) is 19.6 Å². The first-order valence-corrected chi connectivity index (χ1v) is 8.89. The Morgan fingerprint density at radius 1 is 1.20 bits per heavy atom. The van der Waals surface area contributed by atoms with Crippen molar-refractivity contribution in [2.24, 2.45) is 0 Å². The average molecular weight is 337 g/mol. The van der Waals surface area contributed by atoms with Crippen molar-refractivity contribution >= 4 is 0 Å². The number of pyridine rings is 1. The fourth-order valence-corrected chi connectivity index (χ4v) is 3.81. The van der Waals surface area contributed by atoms with Gasteiger partial charge in [-0.3, -0.25) is 14.8 Å². The van der Waals surface area contributed by atoms with Crippen LogP contribution >= 0.6 is 0 Å². The summed E-state index contributed by atoms with van der Waals surface area (Å²) in [6.45, 7) is 11.3. The topological polar surface area (TPSA) is 39.6 Å².